The first-order valence-electron chi connectivity index (χ1n) is 8.72. The van der Waals surface area contributed by atoms with Crippen LogP contribution in [-0.2, 0) is 9.53 Å². The lowest BCUT2D eigenvalue weighted by Gasteiger charge is -2.18. The highest BCUT2D eigenvalue weighted by Gasteiger charge is 2.20. The van der Waals surface area contributed by atoms with E-state index >= 15 is 0 Å². The number of rotatable bonds is 8. The summed E-state index contributed by atoms with van der Waals surface area (Å²) in [4.78, 5) is 24.5. The molecule has 0 aromatic heterocycles. The molecule has 5 heteroatoms. The fourth-order valence-corrected chi connectivity index (χ4v) is 2.62. The Balaban J connectivity index is 1.89. The van der Waals surface area contributed by atoms with Crippen LogP contribution in [-0.4, -0.2) is 31.6 Å². The van der Waals surface area contributed by atoms with Gasteiger partial charge in [0.1, 0.15) is 5.75 Å². The van der Waals surface area contributed by atoms with E-state index in [0.29, 0.717) is 17.9 Å². The summed E-state index contributed by atoms with van der Waals surface area (Å²) in [6, 6.07) is 16.7. The predicted molar refractivity (Wildman–Crippen MR) is 100 cm³/mol. The average molecular weight is 355 g/mol. The Morgan fingerprint density at radius 1 is 1.08 bits per heavy atom. The summed E-state index contributed by atoms with van der Waals surface area (Å²) in [5.74, 6) is -0.0797. The molecule has 138 valence electrons. The topological polar surface area (TPSA) is 64.6 Å². The van der Waals surface area contributed by atoms with Gasteiger partial charge in [0.15, 0.2) is 6.10 Å². The third-order valence-electron chi connectivity index (χ3n) is 4.24. The summed E-state index contributed by atoms with van der Waals surface area (Å²) in [5.41, 5.74) is 1.52. The number of carbonyl (C=O) groups excluding carboxylic acids is 2. The fraction of sp³-hybridized carbons (Fsp3) is 0.333. The molecule has 0 radical (unpaired) electrons. The standard InChI is InChI=1S/C21H25NO4/c1-4-16(17-9-6-5-7-10-17)14-22-20(23)15(2)26-21(24)18-11-8-12-19(13-18)25-3/h5-13,15-16H,4,14H2,1-3H3,(H,22,23)/t15-,16+/m0/s1. The molecule has 2 aromatic carbocycles. The fourth-order valence-electron chi connectivity index (χ4n) is 2.62. The van der Waals surface area contributed by atoms with E-state index in [0.717, 1.165) is 6.42 Å². The first-order valence-corrected chi connectivity index (χ1v) is 8.72. The molecule has 0 unspecified atom stereocenters. The maximum atomic E-state index is 12.3. The van der Waals surface area contributed by atoms with Crippen molar-refractivity contribution in [2.24, 2.45) is 0 Å². The zero-order chi connectivity index (χ0) is 18.9. The van der Waals surface area contributed by atoms with Gasteiger partial charge in [0.25, 0.3) is 5.91 Å². The van der Waals surface area contributed by atoms with Crippen molar-refractivity contribution < 1.29 is 19.1 Å². The van der Waals surface area contributed by atoms with E-state index in [1.165, 1.54) is 12.7 Å². The lowest BCUT2D eigenvalue weighted by molar-refractivity contribution is -0.129. The van der Waals surface area contributed by atoms with E-state index in [1.54, 1.807) is 31.2 Å². The second-order valence-electron chi connectivity index (χ2n) is 6.04. The molecule has 1 N–H and O–H groups in total. The van der Waals surface area contributed by atoms with Gasteiger partial charge in [-0.2, -0.15) is 0 Å². The highest BCUT2D eigenvalue weighted by atomic mass is 16.5. The van der Waals surface area contributed by atoms with Gasteiger partial charge in [-0.15, -0.1) is 0 Å². The van der Waals surface area contributed by atoms with Crippen LogP contribution in [0.1, 0.15) is 42.1 Å². The quantitative estimate of drug-likeness (QED) is 0.736. The van der Waals surface area contributed by atoms with Gasteiger partial charge in [-0.25, -0.2) is 4.79 Å². The average Bonchev–Trinajstić information content (AvgIpc) is 2.69. The van der Waals surface area contributed by atoms with Crippen LogP contribution in [0.4, 0.5) is 0 Å². The summed E-state index contributed by atoms with van der Waals surface area (Å²) in [6.07, 6.45) is 0.0319. The Hall–Kier alpha value is -2.82. The SMILES string of the molecule is CC[C@H](CNC(=O)[C@H](C)OC(=O)c1cccc(OC)c1)c1ccccc1. The third kappa shape index (κ3) is 5.34. The summed E-state index contributed by atoms with van der Waals surface area (Å²) in [6.45, 7) is 4.15. The van der Waals surface area contributed by atoms with E-state index in [1.807, 2.05) is 30.3 Å². The number of benzene rings is 2. The molecule has 0 heterocycles. The summed E-state index contributed by atoms with van der Waals surface area (Å²) in [7, 11) is 1.53. The molecular weight excluding hydrogens is 330 g/mol. The number of amides is 1. The van der Waals surface area contributed by atoms with Crippen LogP contribution in [0.25, 0.3) is 0 Å². The number of nitrogens with one attached hydrogen (secondary N) is 1. The molecule has 0 aliphatic rings. The molecule has 0 saturated carbocycles. The van der Waals surface area contributed by atoms with Gasteiger partial charge in [-0.05, 0) is 37.1 Å². The molecule has 0 aliphatic heterocycles. The maximum absolute atomic E-state index is 12.3. The molecule has 0 spiro atoms. The number of ether oxygens (including phenoxy) is 2. The van der Waals surface area contributed by atoms with E-state index < -0.39 is 12.1 Å². The number of esters is 1. The van der Waals surface area contributed by atoms with Crippen molar-refractivity contribution in [3.8, 4) is 5.75 Å². The van der Waals surface area contributed by atoms with Crippen LogP contribution in [0.2, 0.25) is 0 Å². The largest absolute Gasteiger partial charge is 0.497 e. The molecule has 1 amide bonds. The van der Waals surface area contributed by atoms with Gasteiger partial charge >= 0.3 is 5.97 Å². The summed E-state index contributed by atoms with van der Waals surface area (Å²) < 4.78 is 10.4. The zero-order valence-electron chi connectivity index (χ0n) is 15.4. The minimum absolute atomic E-state index is 0.224. The van der Waals surface area contributed by atoms with Crippen molar-refractivity contribution in [1.82, 2.24) is 5.32 Å². The van der Waals surface area contributed by atoms with Crippen LogP contribution in [0.15, 0.2) is 54.6 Å². The normalized spacial score (nSPS) is 12.7. The molecule has 0 saturated heterocycles. The maximum Gasteiger partial charge on any atom is 0.339 e. The highest BCUT2D eigenvalue weighted by molar-refractivity contribution is 5.92. The molecule has 26 heavy (non-hydrogen) atoms. The van der Waals surface area contributed by atoms with Crippen LogP contribution in [0.3, 0.4) is 0 Å². The zero-order valence-corrected chi connectivity index (χ0v) is 15.4. The minimum Gasteiger partial charge on any atom is -0.497 e. The van der Waals surface area contributed by atoms with Crippen molar-refractivity contribution in [3.05, 3.63) is 65.7 Å². The Morgan fingerprint density at radius 3 is 2.46 bits per heavy atom. The number of carbonyl (C=O) groups is 2. The van der Waals surface area contributed by atoms with E-state index in [2.05, 4.69) is 12.2 Å². The second kappa shape index (κ2) is 9.61. The van der Waals surface area contributed by atoms with Crippen LogP contribution in [0, 0.1) is 0 Å². The molecule has 2 rings (SSSR count). The molecular formula is C21H25NO4. The minimum atomic E-state index is -0.873. The number of hydrogen-bond acceptors (Lipinski definition) is 4. The predicted octanol–water partition coefficient (Wildman–Crippen LogP) is 3.55. The van der Waals surface area contributed by atoms with Gasteiger partial charge in [0, 0.05) is 12.5 Å². The van der Waals surface area contributed by atoms with Crippen LogP contribution in [0.5, 0.6) is 5.75 Å². The summed E-state index contributed by atoms with van der Waals surface area (Å²) in [5, 5.41) is 2.87. The van der Waals surface area contributed by atoms with Gasteiger partial charge < -0.3 is 14.8 Å². The Kier molecular flexibility index (Phi) is 7.21. The molecule has 5 nitrogen and oxygen atoms in total. The Morgan fingerprint density at radius 2 is 1.81 bits per heavy atom. The van der Waals surface area contributed by atoms with E-state index in [-0.39, 0.29) is 11.8 Å². The van der Waals surface area contributed by atoms with Crippen molar-refractivity contribution in [1.29, 1.82) is 0 Å². The Bertz CT molecular complexity index is 730. The van der Waals surface area contributed by atoms with Gasteiger partial charge in [0.2, 0.25) is 0 Å². The number of hydrogen-bond donors (Lipinski definition) is 1. The van der Waals surface area contributed by atoms with Gasteiger partial charge in [-0.1, -0.05) is 43.3 Å². The molecule has 0 aliphatic carbocycles. The van der Waals surface area contributed by atoms with E-state index in [4.69, 9.17) is 9.47 Å². The summed E-state index contributed by atoms with van der Waals surface area (Å²) >= 11 is 0. The Labute approximate surface area is 154 Å². The second-order valence-corrected chi connectivity index (χ2v) is 6.04. The molecule has 2 atom stereocenters. The van der Waals surface area contributed by atoms with Crippen LogP contribution < -0.4 is 10.1 Å². The monoisotopic (exact) mass is 355 g/mol. The van der Waals surface area contributed by atoms with Crippen LogP contribution >= 0.6 is 0 Å². The molecule has 0 fully saturated rings. The molecule has 0 bridgehead atoms. The van der Waals surface area contributed by atoms with E-state index in [9.17, 15) is 9.59 Å². The van der Waals surface area contributed by atoms with Gasteiger partial charge in [0.05, 0.1) is 12.7 Å². The third-order valence-corrected chi connectivity index (χ3v) is 4.24. The first kappa shape index (κ1) is 19.5. The smallest absolute Gasteiger partial charge is 0.339 e. The van der Waals surface area contributed by atoms with Gasteiger partial charge in [-0.3, -0.25) is 4.79 Å². The first-order chi connectivity index (χ1) is 12.5. The van der Waals surface area contributed by atoms with Crippen molar-refractivity contribution in [3.63, 3.8) is 0 Å². The lowest BCUT2D eigenvalue weighted by Crippen LogP contribution is -2.38. The van der Waals surface area contributed by atoms with Crippen molar-refractivity contribution >= 4 is 11.9 Å². The van der Waals surface area contributed by atoms with Crippen molar-refractivity contribution in [2.75, 3.05) is 13.7 Å². The number of methoxy groups -OCH3 is 1. The lowest BCUT2D eigenvalue weighted by atomic mass is 9.96. The highest BCUT2D eigenvalue weighted by Crippen LogP contribution is 2.18. The molecule has 2 aromatic rings. The van der Waals surface area contributed by atoms with Crippen molar-refractivity contribution in [2.45, 2.75) is 32.3 Å².